The van der Waals surface area contributed by atoms with Crippen molar-refractivity contribution in [3.8, 4) is 0 Å². The number of benzene rings is 1. The third-order valence-electron chi connectivity index (χ3n) is 3.37. The predicted octanol–water partition coefficient (Wildman–Crippen LogP) is 2.73. The molecule has 22 heavy (non-hydrogen) atoms. The van der Waals surface area contributed by atoms with Gasteiger partial charge in [-0.15, -0.1) is 0 Å². The van der Waals surface area contributed by atoms with Crippen molar-refractivity contribution in [1.82, 2.24) is 8.96 Å². The van der Waals surface area contributed by atoms with Crippen molar-refractivity contribution in [3.63, 3.8) is 0 Å². The molecule has 1 N–H and O–H groups in total. The van der Waals surface area contributed by atoms with Crippen LogP contribution in [0.15, 0.2) is 47.4 Å². The van der Waals surface area contributed by atoms with Crippen molar-refractivity contribution in [2.45, 2.75) is 18.4 Å². The van der Waals surface area contributed by atoms with Gasteiger partial charge in [0.15, 0.2) is 0 Å². The van der Waals surface area contributed by atoms with Gasteiger partial charge in [-0.05, 0) is 37.3 Å². The Balaban J connectivity index is 2.30. The molecule has 0 saturated carbocycles. The maximum Gasteiger partial charge on any atom is 0.268 e. The molecule has 0 fully saturated rings. The number of nitrogens with zero attached hydrogens (tertiary/aromatic N) is 2. The number of aryl methyl sites for hydroxylation is 1. The zero-order valence-electron chi connectivity index (χ0n) is 11.7. The van der Waals surface area contributed by atoms with E-state index in [-0.39, 0.29) is 15.7 Å². The van der Waals surface area contributed by atoms with Crippen molar-refractivity contribution < 1.29 is 13.5 Å². The fraction of sp³-hybridized carbons (Fsp3) is 0.133. The van der Waals surface area contributed by atoms with Gasteiger partial charge in [-0.3, -0.25) is 0 Å². The van der Waals surface area contributed by atoms with Crippen molar-refractivity contribution in [2.75, 3.05) is 0 Å². The first kappa shape index (κ1) is 15.0. The molecule has 3 rings (SSSR count). The van der Waals surface area contributed by atoms with Crippen molar-refractivity contribution in [3.05, 3.63) is 58.9 Å². The molecule has 0 amide bonds. The number of aliphatic hydroxyl groups excluding tert-OH is 1. The number of halogens is 1. The summed E-state index contributed by atoms with van der Waals surface area (Å²) in [6, 6.07) is 11.2. The van der Waals surface area contributed by atoms with E-state index in [0.717, 1.165) is 9.54 Å². The second-order valence-electron chi connectivity index (χ2n) is 4.91. The molecule has 0 aliphatic heterocycles. The quantitative estimate of drug-likeness (QED) is 0.746. The second-order valence-corrected chi connectivity index (χ2v) is 7.09. The highest BCUT2D eigenvalue weighted by Gasteiger charge is 2.23. The predicted molar refractivity (Wildman–Crippen MR) is 84.4 cm³/mol. The molecular formula is C15H13ClN2O3S. The zero-order chi connectivity index (χ0) is 15.9. The van der Waals surface area contributed by atoms with Gasteiger partial charge in [0.05, 0.1) is 28.2 Å². The lowest BCUT2D eigenvalue weighted by Gasteiger charge is -2.11. The third kappa shape index (κ3) is 2.39. The van der Waals surface area contributed by atoms with Gasteiger partial charge in [-0.25, -0.2) is 17.4 Å². The Kier molecular flexibility index (Phi) is 3.68. The monoisotopic (exact) mass is 336 g/mol. The van der Waals surface area contributed by atoms with Gasteiger partial charge in [0.1, 0.15) is 5.15 Å². The Morgan fingerprint density at radius 1 is 1.18 bits per heavy atom. The van der Waals surface area contributed by atoms with E-state index in [2.05, 4.69) is 4.98 Å². The van der Waals surface area contributed by atoms with Gasteiger partial charge in [0.25, 0.3) is 10.0 Å². The van der Waals surface area contributed by atoms with Crippen molar-refractivity contribution in [2.24, 2.45) is 0 Å². The molecule has 5 nitrogen and oxygen atoms in total. The van der Waals surface area contributed by atoms with E-state index in [4.69, 9.17) is 11.6 Å². The van der Waals surface area contributed by atoms with Crippen molar-refractivity contribution in [1.29, 1.82) is 0 Å². The lowest BCUT2D eigenvalue weighted by atomic mass is 10.2. The molecule has 114 valence electrons. The second kappa shape index (κ2) is 5.39. The average Bonchev–Trinajstić information content (AvgIpc) is 2.85. The topological polar surface area (TPSA) is 72.2 Å². The highest BCUT2D eigenvalue weighted by molar-refractivity contribution is 7.90. The maximum absolute atomic E-state index is 12.9. The molecule has 0 aliphatic rings. The summed E-state index contributed by atoms with van der Waals surface area (Å²) in [7, 11) is -3.82. The molecule has 0 saturated heterocycles. The zero-order valence-corrected chi connectivity index (χ0v) is 13.3. The molecule has 0 atom stereocenters. The Morgan fingerprint density at radius 3 is 2.50 bits per heavy atom. The first-order valence-corrected chi connectivity index (χ1v) is 8.35. The van der Waals surface area contributed by atoms with Gasteiger partial charge in [0, 0.05) is 0 Å². The van der Waals surface area contributed by atoms with Crippen LogP contribution in [0.25, 0.3) is 11.0 Å². The smallest absolute Gasteiger partial charge is 0.268 e. The largest absolute Gasteiger partial charge is 0.390 e. The Hall–Kier alpha value is -1.89. The normalized spacial score (nSPS) is 12.0. The Labute approximate surface area is 132 Å². The summed E-state index contributed by atoms with van der Waals surface area (Å²) in [5.74, 6) is 0. The number of hydrogen-bond donors (Lipinski definition) is 1. The minimum atomic E-state index is -3.82. The number of aromatic nitrogens is 2. The van der Waals surface area contributed by atoms with Crippen molar-refractivity contribution >= 4 is 32.7 Å². The fourth-order valence-electron chi connectivity index (χ4n) is 2.30. The van der Waals surface area contributed by atoms with Crippen LogP contribution < -0.4 is 0 Å². The van der Waals surface area contributed by atoms with Gasteiger partial charge < -0.3 is 5.11 Å². The van der Waals surface area contributed by atoms with Crippen LogP contribution in [0.4, 0.5) is 0 Å². The number of pyridine rings is 1. The molecule has 0 radical (unpaired) electrons. The number of fused-ring (bicyclic) bond motifs is 1. The molecule has 0 unspecified atom stereocenters. The van der Waals surface area contributed by atoms with Crippen LogP contribution in [-0.4, -0.2) is 22.5 Å². The molecule has 1 aromatic carbocycles. The highest BCUT2D eigenvalue weighted by atomic mass is 35.5. The Bertz CT molecular complexity index is 947. The summed E-state index contributed by atoms with van der Waals surface area (Å²) in [5.41, 5.74) is 2.01. The van der Waals surface area contributed by atoms with Gasteiger partial charge in [0.2, 0.25) is 0 Å². The van der Waals surface area contributed by atoms with Crippen LogP contribution in [0.1, 0.15) is 11.3 Å². The van der Waals surface area contributed by atoms with E-state index in [1.165, 1.54) is 12.1 Å². The van der Waals surface area contributed by atoms with Gasteiger partial charge in [-0.1, -0.05) is 29.3 Å². The standard InChI is InChI=1S/C15H13ClN2O3S/c1-10-2-4-12(5-3-10)22(20,21)18-11(9-19)8-13-14(18)6-7-15(16)17-13/h2-8,19H,9H2,1H3. The Morgan fingerprint density at radius 2 is 1.86 bits per heavy atom. The van der Waals surface area contributed by atoms with Gasteiger partial charge in [-0.2, -0.15) is 0 Å². The first-order chi connectivity index (χ1) is 10.4. The van der Waals surface area contributed by atoms with E-state index >= 15 is 0 Å². The van der Waals surface area contributed by atoms with Crippen LogP contribution in [-0.2, 0) is 16.6 Å². The minimum absolute atomic E-state index is 0.153. The summed E-state index contributed by atoms with van der Waals surface area (Å²) < 4.78 is 26.9. The molecule has 2 aromatic heterocycles. The summed E-state index contributed by atoms with van der Waals surface area (Å²) in [5, 5.41) is 9.76. The SMILES string of the molecule is Cc1ccc(S(=O)(=O)n2c(CO)cc3nc(Cl)ccc32)cc1. The van der Waals surface area contributed by atoms with Crippen LogP contribution in [0, 0.1) is 6.92 Å². The summed E-state index contributed by atoms with van der Waals surface area (Å²) in [6.07, 6.45) is 0. The van der Waals surface area contributed by atoms with E-state index < -0.39 is 16.6 Å². The summed E-state index contributed by atoms with van der Waals surface area (Å²) in [4.78, 5) is 4.25. The minimum Gasteiger partial charge on any atom is -0.390 e. The molecule has 3 aromatic rings. The molecule has 7 heteroatoms. The lowest BCUT2D eigenvalue weighted by molar-refractivity contribution is 0.276. The van der Waals surface area contributed by atoms with Crippen LogP contribution in [0.5, 0.6) is 0 Å². The third-order valence-corrected chi connectivity index (χ3v) is 5.36. The van der Waals surface area contributed by atoms with Crippen LogP contribution in [0.3, 0.4) is 0 Å². The molecule has 0 bridgehead atoms. The van der Waals surface area contributed by atoms with Crippen LogP contribution in [0.2, 0.25) is 5.15 Å². The van der Waals surface area contributed by atoms with E-state index in [0.29, 0.717) is 11.0 Å². The highest BCUT2D eigenvalue weighted by Crippen LogP contribution is 2.26. The van der Waals surface area contributed by atoms with E-state index in [9.17, 15) is 13.5 Å². The summed E-state index contributed by atoms with van der Waals surface area (Å²) in [6.45, 7) is 1.46. The van der Waals surface area contributed by atoms with Crippen LogP contribution >= 0.6 is 11.6 Å². The van der Waals surface area contributed by atoms with Gasteiger partial charge >= 0.3 is 0 Å². The number of aliphatic hydroxyl groups is 1. The molecule has 0 aliphatic carbocycles. The molecule has 2 heterocycles. The molecule has 0 spiro atoms. The fourth-order valence-corrected chi connectivity index (χ4v) is 3.98. The van der Waals surface area contributed by atoms with E-state index in [1.807, 2.05) is 6.92 Å². The summed E-state index contributed by atoms with van der Waals surface area (Å²) >= 11 is 5.84. The lowest BCUT2D eigenvalue weighted by Crippen LogP contribution is -2.15. The first-order valence-electron chi connectivity index (χ1n) is 6.53. The average molecular weight is 337 g/mol. The maximum atomic E-state index is 12.9. The van der Waals surface area contributed by atoms with E-state index in [1.54, 1.807) is 30.3 Å². The number of hydrogen-bond acceptors (Lipinski definition) is 4. The number of rotatable bonds is 3. The molecular weight excluding hydrogens is 324 g/mol.